The first-order chi connectivity index (χ1) is 9.84. The zero-order valence-electron chi connectivity index (χ0n) is 12.2. The van der Waals surface area contributed by atoms with Crippen molar-refractivity contribution in [1.29, 1.82) is 0 Å². The molecule has 0 aliphatic carbocycles. The fraction of sp³-hybridized carbons (Fsp3) is 0.333. The maximum absolute atomic E-state index is 5.69. The fourth-order valence-corrected chi connectivity index (χ4v) is 2.17. The van der Waals surface area contributed by atoms with Crippen LogP contribution < -0.4 is 0 Å². The van der Waals surface area contributed by atoms with E-state index in [2.05, 4.69) is 54.4 Å². The van der Waals surface area contributed by atoms with Gasteiger partial charge in [0.05, 0.1) is 6.61 Å². The van der Waals surface area contributed by atoms with E-state index in [0.717, 1.165) is 26.1 Å². The zero-order valence-corrected chi connectivity index (χ0v) is 12.2. The summed E-state index contributed by atoms with van der Waals surface area (Å²) in [5.41, 5.74) is 2.60. The SMILES string of the molecule is CN(CCCOCc1ccccc1)Cc1ccccc1. The second kappa shape index (κ2) is 8.51. The lowest BCUT2D eigenvalue weighted by Crippen LogP contribution is -2.20. The highest BCUT2D eigenvalue weighted by atomic mass is 16.5. The average molecular weight is 269 g/mol. The molecule has 0 fully saturated rings. The molecule has 0 saturated heterocycles. The predicted octanol–water partition coefficient (Wildman–Crippen LogP) is 3.73. The van der Waals surface area contributed by atoms with Crippen LogP contribution >= 0.6 is 0 Å². The molecule has 0 atom stereocenters. The average Bonchev–Trinajstić information content (AvgIpc) is 2.49. The normalized spacial score (nSPS) is 10.9. The highest BCUT2D eigenvalue weighted by Crippen LogP contribution is 2.04. The van der Waals surface area contributed by atoms with Crippen LogP contribution in [-0.2, 0) is 17.9 Å². The number of hydrogen-bond acceptors (Lipinski definition) is 2. The molecule has 0 aliphatic heterocycles. The van der Waals surface area contributed by atoms with Gasteiger partial charge < -0.3 is 9.64 Å². The third-order valence-corrected chi connectivity index (χ3v) is 3.24. The van der Waals surface area contributed by atoms with Crippen LogP contribution in [0.4, 0.5) is 0 Å². The molecule has 0 saturated carbocycles. The second-order valence-electron chi connectivity index (χ2n) is 5.12. The van der Waals surface area contributed by atoms with Gasteiger partial charge in [0.2, 0.25) is 0 Å². The molecule has 0 aromatic heterocycles. The topological polar surface area (TPSA) is 12.5 Å². The minimum absolute atomic E-state index is 0.712. The Kier molecular flexibility index (Phi) is 6.28. The van der Waals surface area contributed by atoms with Gasteiger partial charge in [0.25, 0.3) is 0 Å². The largest absolute Gasteiger partial charge is 0.377 e. The van der Waals surface area contributed by atoms with Crippen molar-refractivity contribution in [3.05, 3.63) is 71.8 Å². The van der Waals surface area contributed by atoms with Gasteiger partial charge in [-0.15, -0.1) is 0 Å². The van der Waals surface area contributed by atoms with Gasteiger partial charge in [0.15, 0.2) is 0 Å². The summed E-state index contributed by atoms with van der Waals surface area (Å²) in [4.78, 5) is 2.33. The predicted molar refractivity (Wildman–Crippen MR) is 83.5 cm³/mol. The molecule has 0 heterocycles. The van der Waals surface area contributed by atoms with Crippen LogP contribution in [0.3, 0.4) is 0 Å². The highest BCUT2D eigenvalue weighted by Gasteiger charge is 2.00. The molecule has 0 N–H and O–H groups in total. The third kappa shape index (κ3) is 5.55. The van der Waals surface area contributed by atoms with E-state index >= 15 is 0 Å². The molecule has 2 nitrogen and oxygen atoms in total. The van der Waals surface area contributed by atoms with Crippen LogP contribution in [0.25, 0.3) is 0 Å². The Morgan fingerprint density at radius 1 is 0.850 bits per heavy atom. The minimum Gasteiger partial charge on any atom is -0.377 e. The van der Waals surface area contributed by atoms with Gasteiger partial charge in [0.1, 0.15) is 0 Å². The van der Waals surface area contributed by atoms with Crippen molar-refractivity contribution >= 4 is 0 Å². The molecule has 2 aromatic rings. The summed E-state index contributed by atoms with van der Waals surface area (Å²) in [6.07, 6.45) is 1.07. The van der Waals surface area contributed by atoms with Crippen molar-refractivity contribution in [1.82, 2.24) is 4.90 Å². The molecule has 0 bridgehead atoms. The van der Waals surface area contributed by atoms with Crippen LogP contribution in [0.5, 0.6) is 0 Å². The molecule has 0 aliphatic rings. The molecule has 0 radical (unpaired) electrons. The maximum Gasteiger partial charge on any atom is 0.0716 e. The van der Waals surface area contributed by atoms with Gasteiger partial charge in [0, 0.05) is 19.7 Å². The Labute approximate surface area is 122 Å². The molecular weight excluding hydrogens is 246 g/mol. The molecule has 0 amide bonds. The monoisotopic (exact) mass is 269 g/mol. The molecule has 20 heavy (non-hydrogen) atoms. The summed E-state index contributed by atoms with van der Waals surface area (Å²) in [7, 11) is 2.16. The van der Waals surface area contributed by atoms with E-state index in [4.69, 9.17) is 4.74 Å². The third-order valence-electron chi connectivity index (χ3n) is 3.24. The first-order valence-corrected chi connectivity index (χ1v) is 7.19. The van der Waals surface area contributed by atoms with E-state index in [9.17, 15) is 0 Å². The first-order valence-electron chi connectivity index (χ1n) is 7.19. The van der Waals surface area contributed by atoms with Crippen molar-refractivity contribution in [2.24, 2.45) is 0 Å². The molecule has 0 unspecified atom stereocenters. The number of rotatable bonds is 8. The van der Waals surface area contributed by atoms with Crippen molar-refractivity contribution in [2.45, 2.75) is 19.6 Å². The van der Waals surface area contributed by atoms with Gasteiger partial charge in [-0.05, 0) is 24.6 Å². The smallest absolute Gasteiger partial charge is 0.0716 e. The number of ether oxygens (including phenoxy) is 1. The molecule has 2 aromatic carbocycles. The van der Waals surface area contributed by atoms with Crippen LogP contribution in [-0.4, -0.2) is 25.1 Å². The lowest BCUT2D eigenvalue weighted by atomic mass is 10.2. The Hall–Kier alpha value is -1.64. The summed E-state index contributed by atoms with van der Waals surface area (Å²) in [6, 6.07) is 20.9. The zero-order chi connectivity index (χ0) is 14.0. The standard InChI is InChI=1S/C18H23NO/c1-19(15-17-9-4-2-5-10-17)13-8-14-20-16-18-11-6-3-7-12-18/h2-7,9-12H,8,13-16H2,1H3. The molecular formula is C18H23NO. The minimum atomic E-state index is 0.712. The quantitative estimate of drug-likeness (QED) is 0.677. The van der Waals surface area contributed by atoms with Crippen LogP contribution in [0.1, 0.15) is 17.5 Å². The van der Waals surface area contributed by atoms with Crippen molar-refractivity contribution < 1.29 is 4.74 Å². The number of benzene rings is 2. The Bertz CT molecular complexity index is 469. The van der Waals surface area contributed by atoms with Crippen molar-refractivity contribution in [3.63, 3.8) is 0 Å². The number of nitrogens with zero attached hydrogens (tertiary/aromatic N) is 1. The van der Waals surface area contributed by atoms with E-state index in [0.29, 0.717) is 6.61 Å². The highest BCUT2D eigenvalue weighted by molar-refractivity contribution is 5.14. The summed E-state index contributed by atoms with van der Waals surface area (Å²) >= 11 is 0. The summed E-state index contributed by atoms with van der Waals surface area (Å²) in [5, 5.41) is 0. The van der Waals surface area contributed by atoms with Crippen LogP contribution in [0.2, 0.25) is 0 Å². The maximum atomic E-state index is 5.69. The van der Waals surface area contributed by atoms with E-state index in [1.165, 1.54) is 11.1 Å². The summed E-state index contributed by atoms with van der Waals surface area (Å²) < 4.78 is 5.69. The Morgan fingerprint density at radius 2 is 1.45 bits per heavy atom. The second-order valence-corrected chi connectivity index (χ2v) is 5.12. The van der Waals surface area contributed by atoms with E-state index in [1.54, 1.807) is 0 Å². The first kappa shape index (κ1) is 14.8. The molecule has 106 valence electrons. The number of hydrogen-bond donors (Lipinski definition) is 0. The van der Waals surface area contributed by atoms with E-state index in [1.807, 2.05) is 18.2 Å². The van der Waals surface area contributed by atoms with Crippen LogP contribution in [0, 0.1) is 0 Å². The lowest BCUT2D eigenvalue weighted by Gasteiger charge is -2.16. The van der Waals surface area contributed by atoms with Crippen LogP contribution in [0.15, 0.2) is 60.7 Å². The molecule has 2 heteroatoms. The van der Waals surface area contributed by atoms with Gasteiger partial charge in [-0.25, -0.2) is 0 Å². The fourth-order valence-electron chi connectivity index (χ4n) is 2.17. The Morgan fingerprint density at radius 3 is 2.10 bits per heavy atom. The van der Waals surface area contributed by atoms with Gasteiger partial charge in [-0.3, -0.25) is 0 Å². The van der Waals surface area contributed by atoms with Crippen molar-refractivity contribution in [3.8, 4) is 0 Å². The van der Waals surface area contributed by atoms with Gasteiger partial charge in [-0.2, -0.15) is 0 Å². The molecule has 0 spiro atoms. The summed E-state index contributed by atoms with van der Waals surface area (Å²) in [6.45, 7) is 3.58. The van der Waals surface area contributed by atoms with E-state index in [-0.39, 0.29) is 0 Å². The van der Waals surface area contributed by atoms with Gasteiger partial charge >= 0.3 is 0 Å². The van der Waals surface area contributed by atoms with E-state index < -0.39 is 0 Å². The Balaban J connectivity index is 1.57. The summed E-state index contributed by atoms with van der Waals surface area (Å²) in [5.74, 6) is 0. The van der Waals surface area contributed by atoms with Crippen molar-refractivity contribution in [2.75, 3.05) is 20.2 Å². The molecule has 2 rings (SSSR count). The lowest BCUT2D eigenvalue weighted by molar-refractivity contribution is 0.110. The van der Waals surface area contributed by atoms with Gasteiger partial charge in [-0.1, -0.05) is 60.7 Å².